The van der Waals surface area contributed by atoms with E-state index >= 15 is 0 Å². The summed E-state index contributed by atoms with van der Waals surface area (Å²) in [6.07, 6.45) is 0. The summed E-state index contributed by atoms with van der Waals surface area (Å²) in [5.41, 5.74) is 5.52. The van der Waals surface area contributed by atoms with Crippen LogP contribution in [0.1, 0.15) is 0 Å². The fraction of sp³-hybridized carbons (Fsp3) is 0.143. The van der Waals surface area contributed by atoms with Crippen LogP contribution in [0.15, 0.2) is 23.1 Å². The van der Waals surface area contributed by atoms with E-state index in [2.05, 4.69) is 0 Å². The summed E-state index contributed by atoms with van der Waals surface area (Å²) < 4.78 is 36.7. The third kappa shape index (κ3) is 2.66. The van der Waals surface area contributed by atoms with Crippen LogP contribution in [0.3, 0.4) is 0 Å². The number of methoxy groups -OCH3 is 1. The number of rotatable bonds is 2. The van der Waals surface area contributed by atoms with E-state index in [1.807, 2.05) is 0 Å². The first-order valence-electron chi connectivity index (χ1n) is 3.35. The summed E-state index contributed by atoms with van der Waals surface area (Å²) in [6.45, 7) is 0. The molecule has 0 spiro atoms. The van der Waals surface area contributed by atoms with E-state index in [4.69, 9.17) is 10.5 Å². The van der Waals surface area contributed by atoms with Crippen molar-refractivity contribution in [2.75, 3.05) is 12.8 Å². The molecule has 0 saturated heterocycles. The third-order valence-corrected chi connectivity index (χ3v) is 2.34. The molecule has 0 aliphatic heterocycles. The molecule has 0 fully saturated rings. The predicted molar refractivity (Wildman–Crippen MR) is 45.4 cm³/mol. The van der Waals surface area contributed by atoms with Gasteiger partial charge in [-0.3, -0.25) is 0 Å². The summed E-state index contributed by atoms with van der Waals surface area (Å²) >= 11 is 0. The third-order valence-electron chi connectivity index (χ3n) is 1.48. The van der Waals surface area contributed by atoms with Crippen molar-refractivity contribution in [1.82, 2.24) is 0 Å². The van der Waals surface area contributed by atoms with Gasteiger partial charge in [-0.15, -0.1) is 0 Å². The number of ether oxygens (including phenoxy) is 1. The minimum absolute atomic E-state index is 0. The van der Waals surface area contributed by atoms with Crippen molar-refractivity contribution in [3.63, 3.8) is 0 Å². The molecule has 1 rings (SSSR count). The molecule has 1 aromatic rings. The second kappa shape index (κ2) is 4.71. The van der Waals surface area contributed by atoms with Crippen LogP contribution in [0.25, 0.3) is 0 Å². The second-order valence-corrected chi connectivity index (χ2v) is 3.68. The van der Waals surface area contributed by atoms with E-state index in [-0.39, 0.29) is 30.3 Å². The maximum absolute atomic E-state index is 10.7. The zero-order valence-electron chi connectivity index (χ0n) is 7.85. The Hall–Kier alpha value is -0.673. The van der Waals surface area contributed by atoms with Crippen LogP contribution in [0.5, 0.6) is 5.75 Å². The Morgan fingerprint density at radius 1 is 1.43 bits per heavy atom. The first-order chi connectivity index (χ1) is 5.96. The molecule has 0 heterocycles. The minimum atomic E-state index is -4.52. The minimum Gasteiger partial charge on any atom is -0.744 e. The van der Waals surface area contributed by atoms with Gasteiger partial charge in [0.2, 0.25) is 0 Å². The molecule has 0 aliphatic rings. The maximum Gasteiger partial charge on any atom is 1.00 e. The van der Waals surface area contributed by atoms with Gasteiger partial charge < -0.3 is 15.0 Å². The molecule has 5 nitrogen and oxygen atoms in total. The quantitative estimate of drug-likeness (QED) is 0.322. The van der Waals surface area contributed by atoms with E-state index in [1.54, 1.807) is 0 Å². The Labute approximate surface area is 94.2 Å². The van der Waals surface area contributed by atoms with Crippen LogP contribution in [0, 0.1) is 0 Å². The Bertz CT molecular complexity index is 418. The zero-order valence-corrected chi connectivity index (χ0v) is 8.67. The van der Waals surface area contributed by atoms with E-state index in [9.17, 15) is 13.0 Å². The monoisotopic (exact) mass is 209 g/mol. The molecule has 0 aromatic heterocycles. The molecular formula is C7H8LiNO4S. The largest absolute Gasteiger partial charge is 1.00 e. The summed E-state index contributed by atoms with van der Waals surface area (Å²) in [5.74, 6) is -0.0995. The van der Waals surface area contributed by atoms with Crippen molar-refractivity contribution >= 4 is 15.8 Å². The van der Waals surface area contributed by atoms with Gasteiger partial charge in [-0.1, -0.05) is 6.07 Å². The van der Waals surface area contributed by atoms with Gasteiger partial charge in [0.1, 0.15) is 10.1 Å². The summed E-state index contributed by atoms with van der Waals surface area (Å²) in [4.78, 5) is -0.435. The van der Waals surface area contributed by atoms with Crippen LogP contribution >= 0.6 is 0 Å². The summed E-state index contributed by atoms with van der Waals surface area (Å²) in [6, 6.07) is 3.98. The molecule has 2 N–H and O–H groups in total. The standard InChI is InChI=1S/C7H9NO4S.Li/c1-12-7-5(8)3-2-4-6(7)13(9,10)11;/h2-4H,8H2,1H3,(H,9,10,11);/q;+1/p-1. The predicted octanol–water partition coefficient (Wildman–Crippen LogP) is -2.81. The van der Waals surface area contributed by atoms with Crippen molar-refractivity contribution in [2.24, 2.45) is 0 Å². The van der Waals surface area contributed by atoms with Crippen LogP contribution in [-0.4, -0.2) is 20.1 Å². The van der Waals surface area contributed by atoms with Gasteiger partial charge in [0, 0.05) is 0 Å². The average molecular weight is 209 g/mol. The van der Waals surface area contributed by atoms with Gasteiger partial charge in [0.05, 0.1) is 17.7 Å². The SMILES string of the molecule is COc1c(N)cccc1S(=O)(=O)[O-].[Li+]. The Balaban J connectivity index is 0.00000169. The number of nitrogens with two attached hydrogens (primary N) is 1. The molecular weight excluding hydrogens is 201 g/mol. The molecule has 0 saturated carbocycles. The van der Waals surface area contributed by atoms with E-state index in [0.717, 1.165) is 6.07 Å². The number of nitrogen functional groups attached to an aromatic ring is 1. The Morgan fingerprint density at radius 2 is 2.00 bits per heavy atom. The van der Waals surface area contributed by atoms with Crippen LogP contribution in [-0.2, 0) is 10.1 Å². The van der Waals surface area contributed by atoms with E-state index < -0.39 is 15.0 Å². The molecule has 0 amide bonds. The number of benzene rings is 1. The van der Waals surface area contributed by atoms with Crippen molar-refractivity contribution in [3.8, 4) is 5.75 Å². The van der Waals surface area contributed by atoms with Crippen molar-refractivity contribution in [3.05, 3.63) is 18.2 Å². The summed E-state index contributed by atoms with van der Waals surface area (Å²) in [5, 5.41) is 0. The van der Waals surface area contributed by atoms with E-state index in [0.29, 0.717) is 0 Å². The second-order valence-electron chi connectivity index (χ2n) is 2.33. The normalized spacial score (nSPS) is 10.4. The molecule has 0 radical (unpaired) electrons. The summed E-state index contributed by atoms with van der Waals surface area (Å²) in [7, 11) is -3.27. The molecule has 0 bridgehead atoms. The molecule has 7 heteroatoms. The zero-order chi connectivity index (χ0) is 10.1. The molecule has 14 heavy (non-hydrogen) atoms. The molecule has 72 valence electrons. The molecule has 0 unspecified atom stereocenters. The number of para-hydroxylation sites is 1. The average Bonchev–Trinajstić information content (AvgIpc) is 2.02. The Kier molecular flexibility index (Phi) is 4.48. The Morgan fingerprint density at radius 3 is 2.36 bits per heavy atom. The maximum atomic E-state index is 10.7. The van der Waals surface area contributed by atoms with Gasteiger partial charge in [-0.2, -0.15) is 0 Å². The van der Waals surface area contributed by atoms with E-state index in [1.165, 1.54) is 19.2 Å². The number of hydrogen-bond acceptors (Lipinski definition) is 5. The fourth-order valence-electron chi connectivity index (χ4n) is 0.948. The topological polar surface area (TPSA) is 92.5 Å². The van der Waals surface area contributed by atoms with Gasteiger partial charge in [0.15, 0.2) is 5.75 Å². The first-order valence-corrected chi connectivity index (χ1v) is 4.76. The molecule has 1 aromatic carbocycles. The fourth-order valence-corrected chi connectivity index (χ4v) is 1.62. The van der Waals surface area contributed by atoms with Crippen LogP contribution in [0.2, 0.25) is 0 Å². The number of hydrogen-bond donors (Lipinski definition) is 1. The molecule has 0 aliphatic carbocycles. The first kappa shape index (κ1) is 13.3. The van der Waals surface area contributed by atoms with Crippen molar-refractivity contribution in [1.29, 1.82) is 0 Å². The molecule has 0 atom stereocenters. The smallest absolute Gasteiger partial charge is 0.744 e. The van der Waals surface area contributed by atoms with Crippen molar-refractivity contribution < 1.29 is 36.6 Å². The van der Waals surface area contributed by atoms with Crippen LogP contribution < -0.4 is 29.3 Å². The van der Waals surface area contributed by atoms with Gasteiger partial charge in [-0.25, -0.2) is 8.42 Å². The van der Waals surface area contributed by atoms with Crippen molar-refractivity contribution in [2.45, 2.75) is 4.90 Å². The van der Waals surface area contributed by atoms with Crippen LogP contribution in [0.4, 0.5) is 5.69 Å². The van der Waals surface area contributed by atoms with Gasteiger partial charge in [0.25, 0.3) is 0 Å². The van der Waals surface area contributed by atoms with Gasteiger partial charge in [-0.05, 0) is 12.1 Å². The van der Waals surface area contributed by atoms with Gasteiger partial charge >= 0.3 is 18.9 Å². The number of anilines is 1.